The fraction of sp³-hybridized carbons (Fsp3) is 0.303. The lowest BCUT2D eigenvalue weighted by atomic mass is 10.0. The maximum absolute atomic E-state index is 15.6. The lowest BCUT2D eigenvalue weighted by Crippen LogP contribution is -2.44. The summed E-state index contributed by atoms with van der Waals surface area (Å²) in [6.45, 7) is 12.8. The monoisotopic (exact) mass is 646 g/mol. The van der Waals surface area contributed by atoms with Gasteiger partial charge in [0.15, 0.2) is 17.3 Å². The number of anilines is 2. The minimum Gasteiger partial charge on any atom is -0.542 e. The van der Waals surface area contributed by atoms with Gasteiger partial charge in [-0.2, -0.15) is 5.10 Å². The Morgan fingerprint density at radius 2 is 1.69 bits per heavy atom. The SMILES string of the molecule is CCc1cc(O[Si](C)(C)C(C)(C)C)c(F)cc1-c1nc(NCc2ccccc2N(C)S(=O)(=O)c2ccccc2)c2cn[nH]c2n1. The second-order valence-electron chi connectivity index (χ2n) is 12.5. The Morgan fingerprint density at radius 1 is 1.00 bits per heavy atom. The Kier molecular flexibility index (Phi) is 8.74. The Labute approximate surface area is 265 Å². The molecule has 0 saturated carbocycles. The van der Waals surface area contributed by atoms with Crippen molar-refractivity contribution in [2.75, 3.05) is 16.7 Å². The van der Waals surface area contributed by atoms with Crippen molar-refractivity contribution < 1.29 is 17.2 Å². The van der Waals surface area contributed by atoms with E-state index in [1.165, 1.54) is 17.4 Å². The zero-order valence-corrected chi connectivity index (χ0v) is 28.5. The van der Waals surface area contributed by atoms with E-state index < -0.39 is 24.2 Å². The third-order valence-corrected chi connectivity index (χ3v) is 14.6. The smallest absolute Gasteiger partial charge is 0.264 e. The van der Waals surface area contributed by atoms with Crippen LogP contribution in [0.2, 0.25) is 18.1 Å². The third kappa shape index (κ3) is 6.43. The van der Waals surface area contributed by atoms with Crippen LogP contribution < -0.4 is 14.0 Å². The summed E-state index contributed by atoms with van der Waals surface area (Å²) in [5.41, 5.74) is 3.17. The minimum absolute atomic E-state index is 0.0843. The zero-order valence-electron chi connectivity index (χ0n) is 26.6. The van der Waals surface area contributed by atoms with Gasteiger partial charge in [-0.3, -0.25) is 9.40 Å². The number of hydrogen-bond acceptors (Lipinski definition) is 7. The maximum atomic E-state index is 15.6. The third-order valence-electron chi connectivity index (χ3n) is 8.44. The molecule has 5 rings (SSSR count). The van der Waals surface area contributed by atoms with Crippen molar-refractivity contribution in [2.24, 2.45) is 0 Å². The molecule has 9 nitrogen and oxygen atoms in total. The van der Waals surface area contributed by atoms with Crippen LogP contribution in [-0.2, 0) is 23.0 Å². The molecule has 0 radical (unpaired) electrons. The van der Waals surface area contributed by atoms with Gasteiger partial charge in [-0.15, -0.1) is 0 Å². The standard InChI is InChI=1S/C33H39FN6O3SSi/c1-8-22-18-29(43-45(6,7)33(2,3)4)27(34)19-25(22)31-37-30(26-21-36-39-32(26)38-31)35-20-23-14-12-13-17-28(23)40(5)44(41,42)24-15-10-9-11-16-24/h9-19,21H,8,20H2,1-7H3,(H2,35,36,37,38,39). The van der Waals surface area contributed by atoms with Crippen LogP contribution in [0.1, 0.15) is 38.8 Å². The first kappa shape index (κ1) is 32.1. The number of H-pyrrole nitrogens is 1. The van der Waals surface area contributed by atoms with E-state index in [1.54, 1.807) is 54.7 Å². The second-order valence-corrected chi connectivity index (χ2v) is 19.1. The van der Waals surface area contributed by atoms with Crippen molar-refractivity contribution in [3.05, 3.63) is 89.9 Å². The predicted molar refractivity (Wildman–Crippen MR) is 180 cm³/mol. The van der Waals surface area contributed by atoms with Gasteiger partial charge in [-0.1, -0.05) is 64.1 Å². The fourth-order valence-electron chi connectivity index (χ4n) is 4.72. The molecule has 0 spiro atoms. The molecule has 5 aromatic rings. The lowest BCUT2D eigenvalue weighted by molar-refractivity contribution is 0.456. The zero-order chi connectivity index (χ0) is 32.6. The first-order valence-corrected chi connectivity index (χ1v) is 19.2. The van der Waals surface area contributed by atoms with Crippen LogP contribution in [0.4, 0.5) is 15.9 Å². The molecule has 0 fully saturated rings. The summed E-state index contributed by atoms with van der Waals surface area (Å²) in [6, 6.07) is 18.8. The molecule has 2 N–H and O–H groups in total. The number of halogens is 1. The molecule has 0 unspecified atom stereocenters. The quantitative estimate of drug-likeness (QED) is 0.151. The Morgan fingerprint density at radius 3 is 2.38 bits per heavy atom. The van der Waals surface area contributed by atoms with E-state index >= 15 is 4.39 Å². The number of benzene rings is 3. The molecule has 0 amide bonds. The van der Waals surface area contributed by atoms with Crippen molar-refractivity contribution >= 4 is 40.9 Å². The molecule has 2 aromatic heterocycles. The van der Waals surface area contributed by atoms with E-state index in [4.69, 9.17) is 9.41 Å². The summed E-state index contributed by atoms with van der Waals surface area (Å²) >= 11 is 0. The Balaban J connectivity index is 1.48. The number of rotatable bonds is 10. The van der Waals surface area contributed by atoms with Crippen molar-refractivity contribution in [3.8, 4) is 17.1 Å². The van der Waals surface area contributed by atoms with Gasteiger partial charge in [0.25, 0.3) is 18.3 Å². The molecule has 0 saturated heterocycles. The number of aromatic amines is 1. The van der Waals surface area contributed by atoms with Crippen LogP contribution in [0.15, 0.2) is 77.8 Å². The van der Waals surface area contributed by atoms with E-state index in [0.717, 1.165) is 11.1 Å². The average molecular weight is 647 g/mol. The number of aryl methyl sites for hydroxylation is 1. The second kappa shape index (κ2) is 12.2. The van der Waals surface area contributed by atoms with Gasteiger partial charge in [0.1, 0.15) is 11.6 Å². The topological polar surface area (TPSA) is 113 Å². The molecular formula is C33H39FN6O3SSi. The first-order chi connectivity index (χ1) is 21.2. The van der Waals surface area contributed by atoms with Crippen molar-refractivity contribution in [1.82, 2.24) is 20.2 Å². The molecule has 3 aromatic carbocycles. The van der Waals surface area contributed by atoms with E-state index in [1.807, 2.05) is 19.1 Å². The molecule has 0 bridgehead atoms. The largest absolute Gasteiger partial charge is 0.542 e. The normalized spacial score (nSPS) is 12.4. The van der Waals surface area contributed by atoms with Gasteiger partial charge in [-0.05, 0) is 66.0 Å². The number of para-hydroxylation sites is 1. The number of fused-ring (bicyclic) bond motifs is 1. The maximum Gasteiger partial charge on any atom is 0.264 e. The van der Waals surface area contributed by atoms with Crippen LogP contribution in [-0.4, -0.2) is 43.9 Å². The molecular weight excluding hydrogens is 608 g/mol. The van der Waals surface area contributed by atoms with Crippen molar-refractivity contribution in [2.45, 2.75) is 63.7 Å². The van der Waals surface area contributed by atoms with Gasteiger partial charge in [0.2, 0.25) is 0 Å². The summed E-state index contributed by atoms with van der Waals surface area (Å²) < 4.78 is 49.9. The Bertz CT molecular complexity index is 1940. The molecule has 0 aliphatic rings. The number of sulfonamides is 1. The van der Waals surface area contributed by atoms with Crippen LogP contribution in [0.5, 0.6) is 5.75 Å². The molecule has 2 heterocycles. The molecule has 236 valence electrons. The van der Waals surface area contributed by atoms with E-state index in [2.05, 4.69) is 54.4 Å². The number of nitrogens with one attached hydrogen (secondary N) is 2. The Hall–Kier alpha value is -4.29. The van der Waals surface area contributed by atoms with Crippen molar-refractivity contribution in [3.63, 3.8) is 0 Å². The predicted octanol–water partition coefficient (Wildman–Crippen LogP) is 7.54. The first-order valence-electron chi connectivity index (χ1n) is 14.8. The number of hydrogen-bond donors (Lipinski definition) is 2. The highest BCUT2D eigenvalue weighted by molar-refractivity contribution is 7.92. The molecule has 0 aliphatic carbocycles. The summed E-state index contributed by atoms with van der Waals surface area (Å²) in [7, 11) is -4.51. The van der Waals surface area contributed by atoms with Gasteiger partial charge in [0.05, 0.1) is 22.2 Å². The average Bonchev–Trinajstić information content (AvgIpc) is 3.49. The van der Waals surface area contributed by atoms with Gasteiger partial charge < -0.3 is 9.74 Å². The number of aromatic nitrogens is 4. The summed E-state index contributed by atoms with van der Waals surface area (Å²) in [4.78, 5) is 9.68. The van der Waals surface area contributed by atoms with Crippen LogP contribution in [0.3, 0.4) is 0 Å². The van der Waals surface area contributed by atoms with E-state index in [-0.39, 0.29) is 22.2 Å². The summed E-state index contributed by atoms with van der Waals surface area (Å²) in [6.07, 6.45) is 2.24. The van der Waals surface area contributed by atoms with Crippen LogP contribution in [0.25, 0.3) is 22.4 Å². The van der Waals surface area contributed by atoms with Crippen molar-refractivity contribution in [1.29, 1.82) is 0 Å². The van der Waals surface area contributed by atoms with Crippen LogP contribution >= 0.6 is 0 Å². The summed E-state index contributed by atoms with van der Waals surface area (Å²) in [5, 5.41) is 11.0. The van der Waals surface area contributed by atoms with Crippen LogP contribution in [0, 0.1) is 5.82 Å². The van der Waals surface area contributed by atoms with Gasteiger partial charge in [0, 0.05) is 19.2 Å². The molecule has 45 heavy (non-hydrogen) atoms. The molecule has 0 atom stereocenters. The molecule has 12 heteroatoms. The summed E-state index contributed by atoms with van der Waals surface area (Å²) in [5.74, 6) is 0.595. The van der Waals surface area contributed by atoms with Gasteiger partial charge in [-0.25, -0.2) is 22.8 Å². The highest BCUT2D eigenvalue weighted by Gasteiger charge is 2.39. The highest BCUT2D eigenvalue weighted by Crippen LogP contribution is 2.39. The fourth-order valence-corrected chi connectivity index (χ4v) is 6.99. The van der Waals surface area contributed by atoms with Gasteiger partial charge >= 0.3 is 0 Å². The lowest BCUT2D eigenvalue weighted by Gasteiger charge is -2.36. The number of nitrogens with zero attached hydrogens (tertiary/aromatic N) is 4. The van der Waals surface area contributed by atoms with E-state index in [9.17, 15) is 8.42 Å². The van der Waals surface area contributed by atoms with E-state index in [0.29, 0.717) is 40.3 Å². The molecule has 0 aliphatic heterocycles. The minimum atomic E-state index is -3.78. The highest BCUT2D eigenvalue weighted by atomic mass is 32.2.